The molecule has 1 amide bonds. The van der Waals surface area contributed by atoms with Crippen molar-refractivity contribution in [3.8, 4) is 22.8 Å². The molecule has 4 aromatic rings. The van der Waals surface area contributed by atoms with Gasteiger partial charge in [-0.15, -0.1) is 10.2 Å². The van der Waals surface area contributed by atoms with Crippen LogP contribution in [0.1, 0.15) is 5.56 Å². The fourth-order valence-electron chi connectivity index (χ4n) is 3.20. The Kier molecular flexibility index (Phi) is 6.96. The van der Waals surface area contributed by atoms with E-state index in [4.69, 9.17) is 16.3 Å². The molecule has 0 saturated heterocycles. The number of aryl methyl sites for hydroxylation is 1. The number of benzene rings is 3. The second-order valence-electron chi connectivity index (χ2n) is 7.14. The van der Waals surface area contributed by atoms with Crippen LogP contribution in [-0.4, -0.2) is 33.5 Å². The van der Waals surface area contributed by atoms with Crippen LogP contribution in [0.5, 0.6) is 5.75 Å². The lowest BCUT2D eigenvalue weighted by Crippen LogP contribution is -2.15. The van der Waals surface area contributed by atoms with Crippen molar-refractivity contribution in [3.05, 3.63) is 83.1 Å². The predicted molar refractivity (Wildman–Crippen MR) is 129 cm³/mol. The number of hydrogen-bond acceptors (Lipinski definition) is 5. The molecular weight excluding hydrogens is 463 g/mol. The standard InChI is InChI=1S/C24H20ClFN4O2S/c1-15-7-10-17(11-8-15)30-23(18-5-3-4-6-21(18)32-2)28-29-24(30)33-14-22(31)27-20-13-16(25)9-12-19(20)26/h3-13H,14H2,1-2H3,(H,27,31). The summed E-state index contributed by atoms with van der Waals surface area (Å²) in [4.78, 5) is 12.5. The molecule has 6 nitrogen and oxygen atoms in total. The molecule has 0 fully saturated rings. The van der Waals surface area contributed by atoms with Crippen LogP contribution < -0.4 is 10.1 Å². The molecule has 0 spiro atoms. The Labute approximate surface area is 199 Å². The topological polar surface area (TPSA) is 69.0 Å². The number of methoxy groups -OCH3 is 1. The van der Waals surface area contributed by atoms with Crippen molar-refractivity contribution in [2.45, 2.75) is 12.1 Å². The van der Waals surface area contributed by atoms with Crippen LogP contribution in [0.15, 0.2) is 71.9 Å². The van der Waals surface area contributed by atoms with E-state index < -0.39 is 11.7 Å². The van der Waals surface area contributed by atoms with Crippen molar-refractivity contribution in [2.75, 3.05) is 18.2 Å². The predicted octanol–water partition coefficient (Wildman–Crippen LogP) is 5.77. The van der Waals surface area contributed by atoms with Gasteiger partial charge in [0.05, 0.1) is 24.1 Å². The first kappa shape index (κ1) is 22.8. The largest absolute Gasteiger partial charge is 0.496 e. The summed E-state index contributed by atoms with van der Waals surface area (Å²) < 4.78 is 21.3. The summed E-state index contributed by atoms with van der Waals surface area (Å²) in [6.07, 6.45) is 0. The zero-order valence-corrected chi connectivity index (χ0v) is 19.5. The van der Waals surface area contributed by atoms with Crippen molar-refractivity contribution >= 4 is 35.0 Å². The van der Waals surface area contributed by atoms with Crippen LogP contribution >= 0.6 is 23.4 Å². The van der Waals surface area contributed by atoms with Crippen molar-refractivity contribution in [3.63, 3.8) is 0 Å². The van der Waals surface area contributed by atoms with Gasteiger partial charge in [-0.3, -0.25) is 9.36 Å². The van der Waals surface area contributed by atoms with Gasteiger partial charge >= 0.3 is 0 Å². The molecule has 33 heavy (non-hydrogen) atoms. The molecule has 1 N–H and O–H groups in total. The fraction of sp³-hybridized carbons (Fsp3) is 0.125. The Morgan fingerprint density at radius 2 is 1.88 bits per heavy atom. The zero-order valence-electron chi connectivity index (χ0n) is 17.9. The molecule has 3 aromatic carbocycles. The van der Waals surface area contributed by atoms with E-state index in [1.807, 2.05) is 60.0 Å². The van der Waals surface area contributed by atoms with Crippen molar-refractivity contribution in [1.82, 2.24) is 14.8 Å². The maximum atomic E-state index is 14.0. The molecule has 0 aliphatic heterocycles. The number of hydrogen-bond donors (Lipinski definition) is 1. The number of aromatic nitrogens is 3. The number of carbonyl (C=O) groups excluding carboxylic acids is 1. The van der Waals surface area contributed by atoms with E-state index in [0.717, 1.165) is 16.8 Å². The molecule has 0 aliphatic carbocycles. The molecule has 0 bridgehead atoms. The van der Waals surface area contributed by atoms with Crippen molar-refractivity contribution in [1.29, 1.82) is 0 Å². The number of ether oxygens (including phenoxy) is 1. The number of halogens is 2. The van der Waals surface area contributed by atoms with Gasteiger partial charge in [-0.05, 0) is 49.4 Å². The number of rotatable bonds is 7. The Balaban J connectivity index is 1.64. The van der Waals surface area contributed by atoms with E-state index >= 15 is 0 Å². The third-order valence-electron chi connectivity index (χ3n) is 4.81. The minimum Gasteiger partial charge on any atom is -0.496 e. The third-order valence-corrected chi connectivity index (χ3v) is 5.97. The molecule has 0 radical (unpaired) electrons. The lowest BCUT2D eigenvalue weighted by atomic mass is 10.1. The van der Waals surface area contributed by atoms with Crippen molar-refractivity contribution < 1.29 is 13.9 Å². The van der Waals surface area contributed by atoms with Crippen LogP contribution in [0, 0.1) is 12.7 Å². The highest BCUT2D eigenvalue weighted by Gasteiger charge is 2.20. The lowest BCUT2D eigenvalue weighted by molar-refractivity contribution is -0.113. The average molecular weight is 483 g/mol. The first-order chi connectivity index (χ1) is 16.0. The summed E-state index contributed by atoms with van der Waals surface area (Å²) >= 11 is 7.10. The summed E-state index contributed by atoms with van der Waals surface area (Å²) in [5.41, 5.74) is 2.76. The van der Waals surface area contributed by atoms with Gasteiger partial charge in [0.2, 0.25) is 5.91 Å². The normalized spacial score (nSPS) is 10.8. The average Bonchev–Trinajstić information content (AvgIpc) is 3.24. The first-order valence-corrected chi connectivity index (χ1v) is 11.4. The number of carbonyl (C=O) groups is 1. The van der Waals surface area contributed by atoms with Gasteiger partial charge in [0.25, 0.3) is 0 Å². The van der Waals surface area contributed by atoms with E-state index in [1.54, 1.807) is 7.11 Å². The van der Waals surface area contributed by atoms with Gasteiger partial charge in [0.1, 0.15) is 11.6 Å². The highest BCUT2D eigenvalue weighted by molar-refractivity contribution is 7.99. The van der Waals surface area contributed by atoms with E-state index in [0.29, 0.717) is 21.8 Å². The molecule has 4 rings (SSSR count). The smallest absolute Gasteiger partial charge is 0.234 e. The minimum absolute atomic E-state index is 0.00186. The fourth-order valence-corrected chi connectivity index (χ4v) is 4.13. The van der Waals surface area contributed by atoms with Crippen molar-refractivity contribution in [2.24, 2.45) is 0 Å². The van der Waals surface area contributed by atoms with E-state index in [9.17, 15) is 9.18 Å². The molecule has 1 heterocycles. The third kappa shape index (κ3) is 5.18. The highest BCUT2D eigenvalue weighted by Crippen LogP contribution is 2.33. The summed E-state index contributed by atoms with van der Waals surface area (Å²) in [5.74, 6) is 0.295. The van der Waals surface area contributed by atoms with Crippen LogP contribution in [0.2, 0.25) is 5.02 Å². The van der Waals surface area contributed by atoms with Gasteiger partial charge in [0, 0.05) is 10.7 Å². The summed E-state index contributed by atoms with van der Waals surface area (Å²) in [6, 6.07) is 19.4. The summed E-state index contributed by atoms with van der Waals surface area (Å²) in [5, 5.41) is 12.1. The van der Waals surface area contributed by atoms with E-state index in [-0.39, 0.29) is 11.4 Å². The molecule has 0 aliphatic rings. The Morgan fingerprint density at radius 1 is 1.12 bits per heavy atom. The monoisotopic (exact) mass is 482 g/mol. The van der Waals surface area contributed by atoms with E-state index in [2.05, 4.69) is 15.5 Å². The molecule has 0 atom stereocenters. The number of para-hydroxylation sites is 1. The number of nitrogens with zero attached hydrogens (tertiary/aromatic N) is 3. The molecular formula is C24H20ClFN4O2S. The van der Waals surface area contributed by atoms with Crippen LogP contribution in [-0.2, 0) is 4.79 Å². The maximum Gasteiger partial charge on any atom is 0.234 e. The number of thioether (sulfide) groups is 1. The minimum atomic E-state index is -0.556. The summed E-state index contributed by atoms with van der Waals surface area (Å²) in [6.45, 7) is 2.01. The highest BCUT2D eigenvalue weighted by atomic mass is 35.5. The molecule has 9 heteroatoms. The van der Waals surface area contributed by atoms with Gasteiger partial charge in [-0.2, -0.15) is 0 Å². The second-order valence-corrected chi connectivity index (χ2v) is 8.52. The second kappa shape index (κ2) is 10.1. The quantitative estimate of drug-likeness (QED) is 0.338. The zero-order chi connectivity index (χ0) is 23.4. The first-order valence-electron chi connectivity index (χ1n) is 10.00. The Morgan fingerprint density at radius 3 is 2.64 bits per heavy atom. The number of anilines is 1. The van der Waals surface area contributed by atoms with Crippen LogP contribution in [0.3, 0.4) is 0 Å². The van der Waals surface area contributed by atoms with Crippen LogP contribution in [0.25, 0.3) is 17.1 Å². The van der Waals surface area contributed by atoms with Gasteiger partial charge in [-0.1, -0.05) is 53.2 Å². The van der Waals surface area contributed by atoms with Gasteiger partial charge < -0.3 is 10.1 Å². The molecule has 0 unspecified atom stereocenters. The Hall–Kier alpha value is -3.36. The van der Waals surface area contributed by atoms with Crippen LogP contribution in [0.4, 0.5) is 10.1 Å². The van der Waals surface area contributed by atoms with Gasteiger partial charge in [0.15, 0.2) is 11.0 Å². The molecule has 0 saturated carbocycles. The SMILES string of the molecule is COc1ccccc1-c1nnc(SCC(=O)Nc2cc(Cl)ccc2F)n1-c1ccc(C)cc1. The number of amides is 1. The number of nitrogens with one attached hydrogen (secondary N) is 1. The maximum absolute atomic E-state index is 14.0. The molecule has 1 aromatic heterocycles. The van der Waals surface area contributed by atoms with E-state index in [1.165, 1.54) is 30.0 Å². The van der Waals surface area contributed by atoms with Gasteiger partial charge in [-0.25, -0.2) is 4.39 Å². The lowest BCUT2D eigenvalue weighted by Gasteiger charge is -2.13. The summed E-state index contributed by atoms with van der Waals surface area (Å²) in [7, 11) is 1.60. The Bertz CT molecular complexity index is 1290. The molecule has 168 valence electrons.